The maximum absolute atomic E-state index is 12.6. The van der Waals surface area contributed by atoms with Gasteiger partial charge >= 0.3 is 0 Å². The number of carbonyl (C=O) groups excluding carboxylic acids is 1. The molecule has 2 fully saturated rings. The molecule has 2 aliphatic rings. The minimum absolute atomic E-state index is 0.0407. The largest absolute Gasteiger partial charge is 0.376 e. The molecule has 1 aromatic heterocycles. The fraction of sp³-hybridized carbons (Fsp3) is 0.688. The zero-order valence-corrected chi connectivity index (χ0v) is 17.2. The molecule has 140 valence electrons. The van der Waals surface area contributed by atoms with Crippen molar-refractivity contribution in [3.8, 4) is 0 Å². The third-order valence-electron chi connectivity index (χ3n) is 4.74. The highest BCUT2D eigenvalue weighted by atomic mass is 79.9. The summed E-state index contributed by atoms with van der Waals surface area (Å²) in [6.45, 7) is 2.32. The van der Waals surface area contributed by atoms with Crippen LogP contribution in [0.25, 0.3) is 0 Å². The van der Waals surface area contributed by atoms with E-state index in [1.54, 1.807) is 12.1 Å². The van der Waals surface area contributed by atoms with Crippen LogP contribution in [0.4, 0.5) is 0 Å². The summed E-state index contributed by atoms with van der Waals surface area (Å²) in [4.78, 5) is 12.1. The van der Waals surface area contributed by atoms with Gasteiger partial charge in [-0.05, 0) is 59.7 Å². The number of nitrogens with one attached hydrogen (secondary N) is 1. The average molecular weight is 451 g/mol. The standard InChI is InChI=1S/C16H23BrN2O4S2/c17-14-3-4-16(24-14)25(21,22)19-7-5-12(6-8-19)10-15(20)18-11-13-2-1-9-23-13/h3-4,12-13H,1-2,5-11H2,(H,18,20). The Morgan fingerprint density at radius 3 is 2.68 bits per heavy atom. The van der Waals surface area contributed by atoms with Crippen molar-refractivity contribution in [2.75, 3.05) is 26.2 Å². The van der Waals surface area contributed by atoms with Crippen LogP contribution in [0.5, 0.6) is 0 Å². The minimum Gasteiger partial charge on any atom is -0.376 e. The van der Waals surface area contributed by atoms with E-state index in [0.29, 0.717) is 30.3 Å². The highest BCUT2D eigenvalue weighted by Crippen LogP contribution is 2.31. The third-order valence-corrected chi connectivity index (χ3v) is 8.73. The monoisotopic (exact) mass is 450 g/mol. The Morgan fingerprint density at radius 2 is 2.08 bits per heavy atom. The van der Waals surface area contributed by atoms with E-state index >= 15 is 0 Å². The predicted molar refractivity (Wildman–Crippen MR) is 100 cm³/mol. The van der Waals surface area contributed by atoms with Crippen molar-refractivity contribution in [2.45, 2.75) is 42.4 Å². The van der Waals surface area contributed by atoms with Gasteiger partial charge in [-0.3, -0.25) is 4.79 Å². The van der Waals surface area contributed by atoms with Crippen LogP contribution in [-0.2, 0) is 19.6 Å². The zero-order valence-electron chi connectivity index (χ0n) is 13.9. The lowest BCUT2D eigenvalue weighted by Crippen LogP contribution is -2.40. The Hall–Kier alpha value is -0.480. The van der Waals surface area contributed by atoms with Gasteiger partial charge in [-0.1, -0.05) is 0 Å². The molecule has 1 aromatic rings. The normalized spacial score (nSPS) is 23.0. The summed E-state index contributed by atoms with van der Waals surface area (Å²) in [5, 5.41) is 2.94. The van der Waals surface area contributed by atoms with Gasteiger partial charge in [0.25, 0.3) is 10.0 Å². The summed E-state index contributed by atoms with van der Waals surface area (Å²) < 4.78 is 33.4. The molecule has 0 aliphatic carbocycles. The van der Waals surface area contributed by atoms with Crippen LogP contribution in [0.1, 0.15) is 32.1 Å². The maximum atomic E-state index is 12.6. The number of rotatable bonds is 6. The summed E-state index contributed by atoms with van der Waals surface area (Å²) in [6, 6.07) is 3.39. The van der Waals surface area contributed by atoms with Crippen molar-refractivity contribution in [3.05, 3.63) is 15.9 Å². The van der Waals surface area contributed by atoms with Crippen LogP contribution in [0.15, 0.2) is 20.1 Å². The molecule has 0 bridgehead atoms. The molecule has 0 aromatic carbocycles. The quantitative estimate of drug-likeness (QED) is 0.722. The summed E-state index contributed by atoms with van der Waals surface area (Å²) in [6.07, 6.45) is 4.13. The van der Waals surface area contributed by atoms with Gasteiger partial charge in [-0.25, -0.2) is 8.42 Å². The molecule has 0 radical (unpaired) electrons. The summed E-state index contributed by atoms with van der Waals surface area (Å²) in [7, 11) is -3.41. The topological polar surface area (TPSA) is 75.7 Å². The Morgan fingerprint density at radius 1 is 1.32 bits per heavy atom. The molecule has 1 amide bonds. The number of ether oxygens (including phenoxy) is 1. The molecular weight excluding hydrogens is 428 g/mol. The predicted octanol–water partition coefficient (Wildman–Crippen LogP) is 2.60. The lowest BCUT2D eigenvalue weighted by atomic mass is 9.94. The number of halogens is 1. The molecule has 1 N–H and O–H groups in total. The van der Waals surface area contributed by atoms with Crippen molar-refractivity contribution >= 4 is 43.2 Å². The highest BCUT2D eigenvalue weighted by molar-refractivity contribution is 9.11. The fourth-order valence-electron chi connectivity index (χ4n) is 3.28. The Bertz CT molecular complexity index is 693. The first-order valence-electron chi connectivity index (χ1n) is 8.59. The van der Waals surface area contributed by atoms with Gasteiger partial charge in [0.05, 0.1) is 9.89 Å². The van der Waals surface area contributed by atoms with Gasteiger partial charge in [-0.15, -0.1) is 11.3 Å². The fourth-order valence-corrected chi connectivity index (χ4v) is 6.92. The van der Waals surface area contributed by atoms with Gasteiger partial charge in [0, 0.05) is 32.7 Å². The van der Waals surface area contributed by atoms with Gasteiger partial charge < -0.3 is 10.1 Å². The smallest absolute Gasteiger partial charge is 0.252 e. The lowest BCUT2D eigenvalue weighted by molar-refractivity contribution is -0.122. The molecule has 1 unspecified atom stereocenters. The number of hydrogen-bond acceptors (Lipinski definition) is 5. The maximum Gasteiger partial charge on any atom is 0.252 e. The summed E-state index contributed by atoms with van der Waals surface area (Å²) in [5.41, 5.74) is 0. The first-order chi connectivity index (χ1) is 11.9. The molecular formula is C16H23BrN2O4S2. The van der Waals surface area contributed by atoms with Crippen LogP contribution in [-0.4, -0.2) is 51.0 Å². The van der Waals surface area contributed by atoms with Crippen molar-refractivity contribution in [1.82, 2.24) is 9.62 Å². The Kier molecular flexibility index (Phi) is 6.54. The first kappa shape index (κ1) is 19.3. The van der Waals surface area contributed by atoms with Gasteiger partial charge in [-0.2, -0.15) is 4.31 Å². The van der Waals surface area contributed by atoms with Crippen LogP contribution in [0.3, 0.4) is 0 Å². The number of carbonyl (C=O) groups is 1. The minimum atomic E-state index is -3.41. The SMILES string of the molecule is O=C(CC1CCN(S(=O)(=O)c2ccc(Br)s2)CC1)NCC1CCCO1. The Labute approximate surface area is 161 Å². The second-order valence-corrected chi connectivity index (χ2v) is 11.2. The van der Waals surface area contributed by atoms with E-state index in [1.165, 1.54) is 15.6 Å². The molecule has 2 saturated heterocycles. The Balaban J connectivity index is 1.44. The van der Waals surface area contributed by atoms with Gasteiger partial charge in [0.15, 0.2) is 0 Å². The second kappa shape index (κ2) is 8.47. The van der Waals surface area contributed by atoms with Crippen LogP contribution < -0.4 is 5.32 Å². The molecule has 1 atom stereocenters. The van der Waals surface area contributed by atoms with E-state index in [1.807, 2.05) is 0 Å². The third kappa shape index (κ3) is 5.03. The summed E-state index contributed by atoms with van der Waals surface area (Å²) >= 11 is 4.54. The first-order valence-corrected chi connectivity index (χ1v) is 11.6. The molecule has 3 rings (SSSR count). The molecule has 2 aliphatic heterocycles. The molecule has 3 heterocycles. The van der Waals surface area contributed by atoms with E-state index < -0.39 is 10.0 Å². The van der Waals surface area contributed by atoms with Gasteiger partial charge in [0.2, 0.25) is 5.91 Å². The molecule has 0 spiro atoms. The van der Waals surface area contributed by atoms with Crippen molar-refractivity contribution in [3.63, 3.8) is 0 Å². The molecule has 9 heteroatoms. The molecule has 6 nitrogen and oxygen atoms in total. The van der Waals surface area contributed by atoms with E-state index in [9.17, 15) is 13.2 Å². The summed E-state index contributed by atoms with van der Waals surface area (Å²) in [5.74, 6) is 0.282. The van der Waals surface area contributed by atoms with Crippen molar-refractivity contribution in [1.29, 1.82) is 0 Å². The van der Waals surface area contributed by atoms with Crippen molar-refractivity contribution in [2.24, 2.45) is 5.92 Å². The number of sulfonamides is 1. The van der Waals surface area contributed by atoms with E-state index in [4.69, 9.17) is 4.74 Å². The molecule has 0 saturated carbocycles. The zero-order chi connectivity index (χ0) is 17.9. The number of hydrogen-bond donors (Lipinski definition) is 1. The lowest BCUT2D eigenvalue weighted by Gasteiger charge is -2.30. The van der Waals surface area contributed by atoms with E-state index in [2.05, 4.69) is 21.2 Å². The van der Waals surface area contributed by atoms with Crippen LogP contribution >= 0.6 is 27.3 Å². The number of amides is 1. The second-order valence-electron chi connectivity index (χ2n) is 6.55. The number of nitrogens with zero attached hydrogens (tertiary/aromatic N) is 1. The molecule has 25 heavy (non-hydrogen) atoms. The average Bonchev–Trinajstić information content (AvgIpc) is 3.25. The number of piperidine rings is 1. The van der Waals surface area contributed by atoms with Gasteiger partial charge in [0.1, 0.15) is 4.21 Å². The number of thiophene rings is 1. The van der Waals surface area contributed by atoms with Crippen LogP contribution in [0, 0.1) is 5.92 Å². The van der Waals surface area contributed by atoms with Crippen molar-refractivity contribution < 1.29 is 17.9 Å². The van der Waals surface area contributed by atoms with E-state index in [0.717, 1.165) is 36.1 Å². The van der Waals surface area contributed by atoms with Crippen LogP contribution in [0.2, 0.25) is 0 Å². The highest BCUT2D eigenvalue weighted by Gasteiger charge is 2.31. The van der Waals surface area contributed by atoms with E-state index in [-0.39, 0.29) is 17.9 Å².